The lowest BCUT2D eigenvalue weighted by Gasteiger charge is -2.20. The third-order valence-electron chi connectivity index (χ3n) is 3.08. The molecular weight excluding hydrogens is 268 g/mol. The van der Waals surface area contributed by atoms with Gasteiger partial charge in [0.05, 0.1) is 5.41 Å². The fourth-order valence-corrected chi connectivity index (χ4v) is 2.05. The zero-order chi connectivity index (χ0) is 14.8. The molecule has 1 aromatic carbocycles. The molecule has 0 aromatic heterocycles. The maximum atomic E-state index is 11.9. The van der Waals surface area contributed by atoms with Crippen LogP contribution in [0, 0.1) is 12.3 Å². The average Bonchev–Trinajstić information content (AvgIpc) is 2.30. The minimum Gasteiger partial charge on any atom is -0.426 e. The Kier molecular flexibility index (Phi) is 4.37. The van der Waals surface area contributed by atoms with E-state index in [1.54, 1.807) is 20.8 Å². The van der Waals surface area contributed by atoms with Gasteiger partial charge in [-0.1, -0.05) is 13.0 Å². The van der Waals surface area contributed by atoms with Gasteiger partial charge in [-0.15, -0.1) is 0 Å². The molecule has 19 heavy (non-hydrogen) atoms. The van der Waals surface area contributed by atoms with Crippen LogP contribution in [-0.4, -0.2) is 18.9 Å². The summed E-state index contributed by atoms with van der Waals surface area (Å²) < 4.78 is 36.5. The molecule has 0 aliphatic carbocycles. The van der Waals surface area contributed by atoms with Gasteiger partial charge in [0.1, 0.15) is 10.6 Å². The summed E-state index contributed by atoms with van der Waals surface area (Å²) in [4.78, 5) is 11.6. The van der Waals surface area contributed by atoms with E-state index in [4.69, 9.17) is 9.29 Å². The van der Waals surface area contributed by atoms with E-state index in [1.807, 2.05) is 6.92 Å². The summed E-state index contributed by atoms with van der Waals surface area (Å²) in [6.07, 6.45) is 0.600. The Morgan fingerprint density at radius 3 is 2.42 bits per heavy atom. The Balaban J connectivity index is 3.09. The third-order valence-corrected chi connectivity index (χ3v) is 4.08. The Morgan fingerprint density at radius 2 is 1.95 bits per heavy atom. The van der Waals surface area contributed by atoms with E-state index in [0.717, 1.165) is 6.07 Å². The lowest BCUT2D eigenvalue weighted by atomic mass is 9.91. The topological polar surface area (TPSA) is 80.7 Å². The van der Waals surface area contributed by atoms with E-state index in [1.165, 1.54) is 12.1 Å². The van der Waals surface area contributed by atoms with E-state index in [-0.39, 0.29) is 10.6 Å². The normalized spacial score (nSPS) is 12.3. The maximum absolute atomic E-state index is 11.9. The predicted octanol–water partition coefficient (Wildman–Crippen LogP) is 2.58. The highest BCUT2D eigenvalue weighted by molar-refractivity contribution is 7.85. The highest BCUT2D eigenvalue weighted by Gasteiger charge is 2.28. The van der Waals surface area contributed by atoms with Crippen molar-refractivity contribution in [2.45, 2.75) is 39.0 Å². The van der Waals surface area contributed by atoms with Crippen LogP contribution in [0.15, 0.2) is 23.1 Å². The summed E-state index contributed by atoms with van der Waals surface area (Å²) in [5.74, 6) is -0.343. The first-order valence-electron chi connectivity index (χ1n) is 5.88. The number of ether oxygens (including phenoxy) is 1. The molecule has 0 aliphatic heterocycles. The molecular formula is C13H18O5S. The fraction of sp³-hybridized carbons (Fsp3) is 0.462. The molecule has 0 atom stereocenters. The second kappa shape index (κ2) is 5.30. The Morgan fingerprint density at radius 1 is 1.37 bits per heavy atom. The number of hydrogen-bond acceptors (Lipinski definition) is 4. The summed E-state index contributed by atoms with van der Waals surface area (Å²) >= 11 is 0. The Bertz CT molecular complexity index is 587. The largest absolute Gasteiger partial charge is 0.426 e. The van der Waals surface area contributed by atoms with Crippen molar-refractivity contribution in [3.63, 3.8) is 0 Å². The van der Waals surface area contributed by atoms with Crippen LogP contribution in [0.1, 0.15) is 32.8 Å². The third kappa shape index (κ3) is 3.78. The lowest BCUT2D eigenvalue weighted by molar-refractivity contribution is -0.144. The molecule has 0 heterocycles. The van der Waals surface area contributed by atoms with Crippen molar-refractivity contribution in [1.29, 1.82) is 0 Å². The fourth-order valence-electron chi connectivity index (χ4n) is 1.31. The molecule has 0 saturated heterocycles. The van der Waals surface area contributed by atoms with Crippen LogP contribution in [0.5, 0.6) is 5.75 Å². The zero-order valence-electron chi connectivity index (χ0n) is 11.4. The summed E-state index contributed by atoms with van der Waals surface area (Å²) in [6.45, 7) is 6.89. The number of rotatable bonds is 4. The van der Waals surface area contributed by atoms with E-state index in [2.05, 4.69) is 0 Å². The standard InChI is InChI=1S/C13H18O5S/c1-5-13(3,4)12(14)18-10-7-6-9(2)11(8-10)19(15,16)17/h6-8H,5H2,1-4H3,(H,15,16,17). The first-order valence-corrected chi connectivity index (χ1v) is 7.32. The van der Waals surface area contributed by atoms with Gasteiger partial charge >= 0.3 is 5.97 Å². The van der Waals surface area contributed by atoms with Crippen LogP contribution in [0.25, 0.3) is 0 Å². The van der Waals surface area contributed by atoms with Gasteiger partial charge in [-0.25, -0.2) is 0 Å². The van der Waals surface area contributed by atoms with E-state index >= 15 is 0 Å². The molecule has 106 valence electrons. The van der Waals surface area contributed by atoms with Gasteiger partial charge in [0, 0.05) is 6.07 Å². The number of carbonyl (C=O) groups is 1. The van der Waals surface area contributed by atoms with Crippen LogP contribution < -0.4 is 4.74 Å². The van der Waals surface area contributed by atoms with E-state index < -0.39 is 21.5 Å². The van der Waals surface area contributed by atoms with E-state index in [9.17, 15) is 13.2 Å². The summed E-state index contributed by atoms with van der Waals surface area (Å²) in [6, 6.07) is 4.12. The summed E-state index contributed by atoms with van der Waals surface area (Å²) in [5.41, 5.74) is -0.264. The number of aryl methyl sites for hydroxylation is 1. The Labute approximate surface area is 113 Å². The molecule has 0 unspecified atom stereocenters. The highest BCUT2D eigenvalue weighted by Crippen LogP contribution is 2.26. The minimum atomic E-state index is -4.32. The van der Waals surface area contributed by atoms with Crippen LogP contribution in [-0.2, 0) is 14.9 Å². The maximum Gasteiger partial charge on any atom is 0.316 e. The quantitative estimate of drug-likeness (QED) is 0.522. The van der Waals surface area contributed by atoms with Crippen molar-refractivity contribution in [2.24, 2.45) is 5.41 Å². The van der Waals surface area contributed by atoms with Crippen molar-refractivity contribution in [3.8, 4) is 5.75 Å². The molecule has 0 saturated carbocycles. The molecule has 1 aromatic rings. The highest BCUT2D eigenvalue weighted by atomic mass is 32.2. The van der Waals surface area contributed by atoms with Crippen molar-refractivity contribution < 1.29 is 22.5 Å². The second-order valence-electron chi connectivity index (χ2n) is 5.03. The Hall–Kier alpha value is -1.40. The monoisotopic (exact) mass is 286 g/mol. The molecule has 0 amide bonds. The van der Waals surface area contributed by atoms with Crippen LogP contribution in [0.2, 0.25) is 0 Å². The van der Waals surface area contributed by atoms with Crippen LogP contribution in [0.3, 0.4) is 0 Å². The van der Waals surface area contributed by atoms with Gasteiger partial charge in [0.25, 0.3) is 10.1 Å². The first kappa shape index (κ1) is 15.7. The predicted molar refractivity (Wildman–Crippen MR) is 70.7 cm³/mol. The number of benzene rings is 1. The second-order valence-corrected chi connectivity index (χ2v) is 6.42. The zero-order valence-corrected chi connectivity index (χ0v) is 12.2. The number of esters is 1. The van der Waals surface area contributed by atoms with Crippen LogP contribution >= 0.6 is 0 Å². The molecule has 0 bridgehead atoms. The lowest BCUT2D eigenvalue weighted by Crippen LogP contribution is -2.28. The smallest absolute Gasteiger partial charge is 0.316 e. The van der Waals surface area contributed by atoms with Crippen molar-refractivity contribution in [3.05, 3.63) is 23.8 Å². The van der Waals surface area contributed by atoms with Gasteiger partial charge in [0.15, 0.2) is 0 Å². The van der Waals surface area contributed by atoms with Gasteiger partial charge in [-0.05, 0) is 38.8 Å². The number of carbonyl (C=O) groups excluding carboxylic acids is 1. The molecule has 6 heteroatoms. The molecule has 5 nitrogen and oxygen atoms in total. The molecule has 0 spiro atoms. The molecule has 0 radical (unpaired) electrons. The molecule has 0 aliphatic rings. The van der Waals surface area contributed by atoms with Gasteiger partial charge in [-0.3, -0.25) is 9.35 Å². The summed E-state index contributed by atoms with van der Waals surface area (Å²) in [7, 11) is -4.32. The van der Waals surface area contributed by atoms with Crippen molar-refractivity contribution in [1.82, 2.24) is 0 Å². The average molecular weight is 286 g/mol. The minimum absolute atomic E-state index is 0.102. The van der Waals surface area contributed by atoms with Gasteiger partial charge < -0.3 is 4.74 Å². The van der Waals surface area contributed by atoms with Crippen molar-refractivity contribution >= 4 is 16.1 Å². The van der Waals surface area contributed by atoms with Gasteiger partial charge in [-0.2, -0.15) is 8.42 Å². The van der Waals surface area contributed by atoms with Crippen LogP contribution in [0.4, 0.5) is 0 Å². The van der Waals surface area contributed by atoms with E-state index in [0.29, 0.717) is 12.0 Å². The SMILES string of the molecule is CCC(C)(C)C(=O)Oc1ccc(C)c(S(=O)(=O)O)c1. The van der Waals surface area contributed by atoms with Crippen molar-refractivity contribution in [2.75, 3.05) is 0 Å². The molecule has 1 rings (SSSR count). The first-order chi connectivity index (χ1) is 8.58. The molecule has 0 fully saturated rings. The summed E-state index contributed by atoms with van der Waals surface area (Å²) in [5, 5.41) is 0. The van der Waals surface area contributed by atoms with Gasteiger partial charge in [0.2, 0.25) is 0 Å². The molecule has 1 N–H and O–H groups in total. The number of hydrogen-bond donors (Lipinski definition) is 1.